The maximum atomic E-state index is 4.57. The van der Waals surface area contributed by atoms with Crippen molar-refractivity contribution in [3.63, 3.8) is 0 Å². The van der Waals surface area contributed by atoms with E-state index < -0.39 is 0 Å². The molecule has 2 rings (SSSR count). The number of nitrogens with one attached hydrogen (secondary N) is 1. The molecule has 108 valence electrons. The second kappa shape index (κ2) is 7.13. The summed E-state index contributed by atoms with van der Waals surface area (Å²) in [6.07, 6.45) is 3.34. The Labute approximate surface area is 122 Å². The molecule has 0 aliphatic rings. The van der Waals surface area contributed by atoms with Gasteiger partial charge in [-0.15, -0.1) is 0 Å². The van der Waals surface area contributed by atoms with Crippen molar-refractivity contribution in [1.82, 2.24) is 9.78 Å². The second-order valence-electron chi connectivity index (χ2n) is 5.10. The number of nitrogens with zero attached hydrogens (tertiary/aromatic N) is 2. The molecule has 1 heterocycles. The Morgan fingerprint density at radius 3 is 2.45 bits per heavy atom. The van der Waals surface area contributed by atoms with E-state index in [0.717, 1.165) is 25.9 Å². The Morgan fingerprint density at radius 2 is 1.85 bits per heavy atom. The quantitative estimate of drug-likeness (QED) is 0.824. The molecule has 0 saturated heterocycles. The van der Waals surface area contributed by atoms with Crippen LogP contribution in [-0.4, -0.2) is 9.78 Å². The highest BCUT2D eigenvalue weighted by Crippen LogP contribution is 2.13. The van der Waals surface area contributed by atoms with E-state index in [0.29, 0.717) is 0 Å². The van der Waals surface area contributed by atoms with Gasteiger partial charge in [0.25, 0.3) is 0 Å². The molecule has 0 unspecified atom stereocenters. The minimum Gasteiger partial charge on any atom is -0.379 e. The summed E-state index contributed by atoms with van der Waals surface area (Å²) in [6.45, 7) is 8.24. The van der Waals surface area contributed by atoms with Crippen LogP contribution in [0.25, 0.3) is 0 Å². The zero-order valence-electron chi connectivity index (χ0n) is 12.8. The molecule has 1 N–H and O–H groups in total. The van der Waals surface area contributed by atoms with E-state index in [1.165, 1.54) is 29.1 Å². The molecule has 0 fully saturated rings. The zero-order valence-corrected chi connectivity index (χ0v) is 12.8. The van der Waals surface area contributed by atoms with Gasteiger partial charge in [0.05, 0.1) is 17.9 Å². The van der Waals surface area contributed by atoms with Gasteiger partial charge >= 0.3 is 0 Å². The Bertz CT molecular complexity index is 526. The lowest BCUT2D eigenvalue weighted by atomic mass is 10.1. The van der Waals surface area contributed by atoms with Crippen LogP contribution in [0.1, 0.15) is 44.1 Å². The van der Waals surface area contributed by atoms with Crippen molar-refractivity contribution in [2.75, 3.05) is 5.32 Å². The zero-order chi connectivity index (χ0) is 14.4. The van der Waals surface area contributed by atoms with Crippen molar-refractivity contribution < 1.29 is 0 Å². The van der Waals surface area contributed by atoms with Crippen LogP contribution in [0.15, 0.2) is 30.3 Å². The molecule has 3 nitrogen and oxygen atoms in total. The minimum absolute atomic E-state index is 0.827. The van der Waals surface area contributed by atoms with Gasteiger partial charge in [-0.05, 0) is 43.5 Å². The topological polar surface area (TPSA) is 29.9 Å². The first kappa shape index (κ1) is 14.6. The van der Waals surface area contributed by atoms with Crippen LogP contribution < -0.4 is 5.32 Å². The molecule has 3 heteroatoms. The van der Waals surface area contributed by atoms with Gasteiger partial charge in [0.15, 0.2) is 0 Å². The highest BCUT2D eigenvalue weighted by molar-refractivity contribution is 5.45. The number of hydrogen-bond donors (Lipinski definition) is 1. The molecular weight excluding hydrogens is 246 g/mol. The van der Waals surface area contributed by atoms with Crippen molar-refractivity contribution in [3.8, 4) is 0 Å². The van der Waals surface area contributed by atoms with Crippen molar-refractivity contribution in [2.45, 2.75) is 53.1 Å². The van der Waals surface area contributed by atoms with Gasteiger partial charge in [0.1, 0.15) is 0 Å². The highest BCUT2D eigenvalue weighted by Gasteiger charge is 2.05. The number of benzene rings is 1. The van der Waals surface area contributed by atoms with Crippen molar-refractivity contribution in [2.24, 2.45) is 0 Å². The normalized spacial score (nSPS) is 10.8. The number of hydrogen-bond acceptors (Lipinski definition) is 2. The first-order valence-corrected chi connectivity index (χ1v) is 7.65. The van der Waals surface area contributed by atoms with Crippen molar-refractivity contribution in [1.29, 1.82) is 0 Å². The molecule has 1 aromatic carbocycles. The van der Waals surface area contributed by atoms with Gasteiger partial charge in [0, 0.05) is 12.2 Å². The van der Waals surface area contributed by atoms with E-state index >= 15 is 0 Å². The van der Waals surface area contributed by atoms with Gasteiger partial charge in [-0.2, -0.15) is 5.10 Å². The molecule has 0 aliphatic heterocycles. The van der Waals surface area contributed by atoms with E-state index in [1.807, 2.05) is 0 Å². The summed E-state index contributed by atoms with van der Waals surface area (Å²) < 4.78 is 2.08. The molecule has 20 heavy (non-hydrogen) atoms. The Kier molecular flexibility index (Phi) is 5.22. The number of rotatable bonds is 7. The third-order valence-corrected chi connectivity index (χ3v) is 3.54. The monoisotopic (exact) mass is 271 g/mol. The second-order valence-corrected chi connectivity index (χ2v) is 5.10. The highest BCUT2D eigenvalue weighted by atomic mass is 15.3. The van der Waals surface area contributed by atoms with Gasteiger partial charge in [-0.1, -0.05) is 32.4 Å². The summed E-state index contributed by atoms with van der Waals surface area (Å²) in [5.74, 6) is 0. The van der Waals surface area contributed by atoms with E-state index in [4.69, 9.17) is 0 Å². The maximum Gasteiger partial charge on any atom is 0.0625 e. The lowest BCUT2D eigenvalue weighted by molar-refractivity contribution is 0.619. The van der Waals surface area contributed by atoms with Crippen LogP contribution in [0.3, 0.4) is 0 Å². The number of aromatic nitrogens is 2. The summed E-state index contributed by atoms with van der Waals surface area (Å²) in [4.78, 5) is 0. The predicted molar refractivity (Wildman–Crippen MR) is 85.0 cm³/mol. The SMILES string of the molecule is CCCc1ccc(NCc2cc(CC)nn2CC)cc1. The predicted octanol–water partition coefficient (Wildman–Crippen LogP) is 4.03. The number of anilines is 1. The van der Waals surface area contributed by atoms with Crippen LogP contribution in [0, 0.1) is 0 Å². The van der Waals surface area contributed by atoms with Gasteiger partial charge in [0.2, 0.25) is 0 Å². The molecule has 0 atom stereocenters. The Hall–Kier alpha value is -1.77. The van der Waals surface area contributed by atoms with Gasteiger partial charge < -0.3 is 5.32 Å². The third-order valence-electron chi connectivity index (χ3n) is 3.54. The standard InChI is InChI=1S/C17H25N3/c1-4-7-14-8-10-16(11-9-14)18-13-17-12-15(5-2)19-20(17)6-3/h8-12,18H,4-7,13H2,1-3H3. The molecule has 0 radical (unpaired) electrons. The minimum atomic E-state index is 0.827. The fourth-order valence-corrected chi connectivity index (χ4v) is 2.37. The van der Waals surface area contributed by atoms with Crippen LogP contribution in [0.4, 0.5) is 5.69 Å². The van der Waals surface area contributed by atoms with Crippen LogP contribution in [-0.2, 0) is 25.9 Å². The molecule has 0 aliphatic carbocycles. The molecule has 2 aromatic rings. The summed E-state index contributed by atoms with van der Waals surface area (Å²) in [6, 6.07) is 10.9. The first-order chi connectivity index (χ1) is 9.76. The smallest absolute Gasteiger partial charge is 0.0625 e. The van der Waals surface area contributed by atoms with Crippen LogP contribution in [0.2, 0.25) is 0 Å². The lowest BCUT2D eigenvalue weighted by Gasteiger charge is -2.08. The summed E-state index contributed by atoms with van der Waals surface area (Å²) in [5, 5.41) is 8.06. The van der Waals surface area contributed by atoms with Gasteiger partial charge in [-0.25, -0.2) is 0 Å². The largest absolute Gasteiger partial charge is 0.379 e. The lowest BCUT2D eigenvalue weighted by Crippen LogP contribution is -2.07. The van der Waals surface area contributed by atoms with Gasteiger partial charge in [-0.3, -0.25) is 4.68 Å². The first-order valence-electron chi connectivity index (χ1n) is 7.65. The average molecular weight is 271 g/mol. The van der Waals surface area contributed by atoms with E-state index in [2.05, 4.69) is 66.2 Å². The van der Waals surface area contributed by atoms with Crippen LogP contribution >= 0.6 is 0 Å². The molecule has 1 aromatic heterocycles. The van der Waals surface area contributed by atoms with E-state index in [-0.39, 0.29) is 0 Å². The molecule has 0 amide bonds. The Balaban J connectivity index is 1.99. The molecule has 0 saturated carbocycles. The van der Waals surface area contributed by atoms with E-state index in [1.54, 1.807) is 0 Å². The third kappa shape index (κ3) is 3.62. The van der Waals surface area contributed by atoms with E-state index in [9.17, 15) is 0 Å². The fraction of sp³-hybridized carbons (Fsp3) is 0.471. The summed E-state index contributed by atoms with van der Waals surface area (Å²) in [7, 11) is 0. The summed E-state index contributed by atoms with van der Waals surface area (Å²) in [5.41, 5.74) is 5.00. The fourth-order valence-electron chi connectivity index (χ4n) is 2.37. The number of aryl methyl sites for hydroxylation is 3. The summed E-state index contributed by atoms with van der Waals surface area (Å²) >= 11 is 0. The molecule has 0 bridgehead atoms. The van der Waals surface area contributed by atoms with Crippen LogP contribution in [0.5, 0.6) is 0 Å². The van der Waals surface area contributed by atoms with Crippen molar-refractivity contribution >= 4 is 5.69 Å². The maximum absolute atomic E-state index is 4.57. The van der Waals surface area contributed by atoms with Crippen molar-refractivity contribution in [3.05, 3.63) is 47.3 Å². The Morgan fingerprint density at radius 1 is 1.10 bits per heavy atom. The molecule has 0 spiro atoms. The molecular formula is C17H25N3. The average Bonchev–Trinajstić information content (AvgIpc) is 2.89.